The molecule has 1 fully saturated rings. The first-order valence-electron chi connectivity index (χ1n) is 6.60. The van der Waals surface area contributed by atoms with Crippen molar-refractivity contribution < 1.29 is 9.47 Å². The van der Waals surface area contributed by atoms with Gasteiger partial charge in [0.15, 0.2) is 0 Å². The summed E-state index contributed by atoms with van der Waals surface area (Å²) in [5, 5.41) is 5.67. The van der Waals surface area contributed by atoms with E-state index in [0.717, 1.165) is 39.1 Å². The van der Waals surface area contributed by atoms with Crippen molar-refractivity contribution in [3.05, 3.63) is 22.4 Å². The molecule has 0 aliphatic carbocycles. The van der Waals surface area contributed by atoms with Gasteiger partial charge in [0.2, 0.25) is 0 Å². The SMILES string of the molecule is COCCNCC1(Cc2cccs2)CCOC1C. The third kappa shape index (κ3) is 3.32. The van der Waals surface area contributed by atoms with E-state index in [0.29, 0.717) is 6.10 Å². The molecule has 2 atom stereocenters. The van der Waals surface area contributed by atoms with Crippen molar-refractivity contribution in [2.24, 2.45) is 5.41 Å². The lowest BCUT2D eigenvalue weighted by atomic mass is 9.78. The number of thiophene rings is 1. The third-order valence-electron chi connectivity index (χ3n) is 3.90. The second-order valence-corrected chi connectivity index (χ2v) is 6.08. The van der Waals surface area contributed by atoms with E-state index in [1.165, 1.54) is 4.88 Å². The van der Waals surface area contributed by atoms with Gasteiger partial charge in [-0.05, 0) is 31.2 Å². The van der Waals surface area contributed by atoms with E-state index in [2.05, 4.69) is 29.8 Å². The highest BCUT2D eigenvalue weighted by Crippen LogP contribution is 2.38. The molecular formula is C14H23NO2S. The molecule has 0 aromatic carbocycles. The van der Waals surface area contributed by atoms with Crippen molar-refractivity contribution in [2.75, 3.05) is 33.4 Å². The summed E-state index contributed by atoms with van der Waals surface area (Å²) in [4.78, 5) is 1.46. The molecule has 1 saturated heterocycles. The molecule has 102 valence electrons. The summed E-state index contributed by atoms with van der Waals surface area (Å²) in [6, 6.07) is 4.36. The van der Waals surface area contributed by atoms with Crippen LogP contribution in [0.3, 0.4) is 0 Å². The van der Waals surface area contributed by atoms with E-state index in [-0.39, 0.29) is 5.41 Å². The van der Waals surface area contributed by atoms with Crippen LogP contribution in [0.15, 0.2) is 17.5 Å². The predicted molar refractivity (Wildman–Crippen MR) is 75.2 cm³/mol. The molecule has 2 unspecified atom stereocenters. The van der Waals surface area contributed by atoms with Crippen LogP contribution in [0.25, 0.3) is 0 Å². The van der Waals surface area contributed by atoms with Gasteiger partial charge in [-0.3, -0.25) is 0 Å². The van der Waals surface area contributed by atoms with Gasteiger partial charge >= 0.3 is 0 Å². The van der Waals surface area contributed by atoms with Crippen LogP contribution in [0.2, 0.25) is 0 Å². The van der Waals surface area contributed by atoms with Gasteiger partial charge in [0.25, 0.3) is 0 Å². The highest BCUT2D eigenvalue weighted by molar-refractivity contribution is 7.09. The smallest absolute Gasteiger partial charge is 0.0619 e. The predicted octanol–water partition coefficient (Wildman–Crippen LogP) is 2.32. The Morgan fingerprint density at radius 1 is 1.61 bits per heavy atom. The minimum atomic E-state index is 0.249. The van der Waals surface area contributed by atoms with Crippen molar-refractivity contribution >= 4 is 11.3 Å². The number of methoxy groups -OCH3 is 1. The van der Waals surface area contributed by atoms with Gasteiger partial charge in [0.05, 0.1) is 12.7 Å². The average molecular weight is 269 g/mol. The standard InChI is InChI=1S/C14H23NO2S/c1-12-14(5-7-17-12,11-15-6-8-16-2)10-13-4-3-9-18-13/h3-4,9,12,15H,5-8,10-11H2,1-2H3. The highest BCUT2D eigenvalue weighted by atomic mass is 32.1. The molecule has 1 aromatic rings. The molecule has 4 heteroatoms. The van der Waals surface area contributed by atoms with E-state index in [9.17, 15) is 0 Å². The summed E-state index contributed by atoms with van der Waals surface area (Å²) >= 11 is 1.85. The molecule has 1 aliphatic rings. The van der Waals surface area contributed by atoms with E-state index in [1.54, 1.807) is 7.11 Å². The van der Waals surface area contributed by atoms with Crippen molar-refractivity contribution in [3.63, 3.8) is 0 Å². The van der Waals surface area contributed by atoms with Crippen LogP contribution < -0.4 is 5.32 Å². The summed E-state index contributed by atoms with van der Waals surface area (Å²) in [6.07, 6.45) is 2.59. The van der Waals surface area contributed by atoms with Crippen molar-refractivity contribution in [1.29, 1.82) is 0 Å². The Morgan fingerprint density at radius 2 is 2.50 bits per heavy atom. The van der Waals surface area contributed by atoms with Crippen LogP contribution in [0.1, 0.15) is 18.2 Å². The fraction of sp³-hybridized carbons (Fsp3) is 0.714. The van der Waals surface area contributed by atoms with Crippen LogP contribution >= 0.6 is 11.3 Å². The van der Waals surface area contributed by atoms with Crippen LogP contribution in [0, 0.1) is 5.41 Å². The Hall–Kier alpha value is -0.420. The topological polar surface area (TPSA) is 30.5 Å². The average Bonchev–Trinajstić information content (AvgIpc) is 2.97. The monoisotopic (exact) mass is 269 g/mol. The number of rotatable bonds is 7. The second kappa shape index (κ2) is 6.66. The van der Waals surface area contributed by atoms with E-state index in [1.807, 2.05) is 11.3 Å². The zero-order chi connectivity index (χ0) is 12.8. The zero-order valence-corrected chi connectivity index (χ0v) is 12.1. The van der Waals surface area contributed by atoms with E-state index < -0.39 is 0 Å². The summed E-state index contributed by atoms with van der Waals surface area (Å²) in [5.41, 5.74) is 0.249. The number of ether oxygens (including phenoxy) is 2. The van der Waals surface area contributed by atoms with Gasteiger partial charge in [-0.1, -0.05) is 6.07 Å². The summed E-state index contributed by atoms with van der Waals surface area (Å²) < 4.78 is 10.9. The fourth-order valence-corrected chi connectivity index (χ4v) is 3.48. The summed E-state index contributed by atoms with van der Waals surface area (Å²) in [5.74, 6) is 0. The number of hydrogen-bond acceptors (Lipinski definition) is 4. The van der Waals surface area contributed by atoms with E-state index >= 15 is 0 Å². The van der Waals surface area contributed by atoms with Gasteiger partial charge in [0.1, 0.15) is 0 Å². The molecule has 2 heterocycles. The Balaban J connectivity index is 1.95. The minimum Gasteiger partial charge on any atom is -0.383 e. The largest absolute Gasteiger partial charge is 0.383 e. The lowest BCUT2D eigenvalue weighted by Crippen LogP contribution is -2.42. The molecule has 0 bridgehead atoms. The molecule has 1 aliphatic heterocycles. The first-order chi connectivity index (χ1) is 8.77. The lowest BCUT2D eigenvalue weighted by molar-refractivity contribution is 0.0623. The Kier molecular flexibility index (Phi) is 5.18. The van der Waals surface area contributed by atoms with Crippen LogP contribution in [-0.2, 0) is 15.9 Å². The van der Waals surface area contributed by atoms with Crippen molar-refractivity contribution in [3.8, 4) is 0 Å². The maximum Gasteiger partial charge on any atom is 0.0619 e. The summed E-state index contributed by atoms with van der Waals surface area (Å²) in [7, 11) is 1.74. The zero-order valence-electron chi connectivity index (χ0n) is 11.3. The third-order valence-corrected chi connectivity index (χ3v) is 4.77. The minimum absolute atomic E-state index is 0.249. The molecule has 0 radical (unpaired) electrons. The summed E-state index contributed by atoms with van der Waals surface area (Å²) in [6.45, 7) is 5.78. The second-order valence-electron chi connectivity index (χ2n) is 5.05. The first kappa shape index (κ1) is 14.0. The van der Waals surface area contributed by atoms with Gasteiger partial charge in [-0.2, -0.15) is 0 Å². The van der Waals surface area contributed by atoms with Gasteiger partial charge in [-0.15, -0.1) is 11.3 Å². The lowest BCUT2D eigenvalue weighted by Gasteiger charge is -2.32. The van der Waals surface area contributed by atoms with Crippen molar-refractivity contribution in [1.82, 2.24) is 5.32 Å². The highest BCUT2D eigenvalue weighted by Gasteiger charge is 2.41. The maximum absolute atomic E-state index is 5.81. The molecule has 1 aromatic heterocycles. The maximum atomic E-state index is 5.81. The van der Waals surface area contributed by atoms with Gasteiger partial charge in [0, 0.05) is 37.1 Å². The molecule has 0 amide bonds. The first-order valence-corrected chi connectivity index (χ1v) is 7.48. The molecule has 2 rings (SSSR count). The number of hydrogen-bond donors (Lipinski definition) is 1. The quantitative estimate of drug-likeness (QED) is 0.771. The molecule has 0 spiro atoms. The van der Waals surface area contributed by atoms with E-state index in [4.69, 9.17) is 9.47 Å². The van der Waals surface area contributed by atoms with Gasteiger partial charge < -0.3 is 14.8 Å². The fourth-order valence-electron chi connectivity index (χ4n) is 2.62. The molecule has 0 saturated carbocycles. The molecular weight excluding hydrogens is 246 g/mol. The van der Waals surface area contributed by atoms with Crippen LogP contribution in [0.5, 0.6) is 0 Å². The number of nitrogens with one attached hydrogen (secondary N) is 1. The van der Waals surface area contributed by atoms with Crippen molar-refractivity contribution in [2.45, 2.75) is 25.9 Å². The normalized spacial score (nSPS) is 27.8. The molecule has 1 N–H and O–H groups in total. The van der Waals surface area contributed by atoms with Gasteiger partial charge in [-0.25, -0.2) is 0 Å². The molecule has 3 nitrogen and oxygen atoms in total. The Labute approximate surface area is 113 Å². The molecule has 18 heavy (non-hydrogen) atoms. The Bertz CT molecular complexity index is 342. The Morgan fingerprint density at radius 3 is 3.11 bits per heavy atom. The van der Waals surface area contributed by atoms with Crippen LogP contribution in [0.4, 0.5) is 0 Å². The van der Waals surface area contributed by atoms with Crippen LogP contribution in [-0.4, -0.2) is 39.5 Å².